The summed E-state index contributed by atoms with van der Waals surface area (Å²) in [5.74, 6) is 1.28. The molecule has 0 bridgehead atoms. The van der Waals surface area contributed by atoms with Gasteiger partial charge in [0.2, 0.25) is 10.0 Å². The van der Waals surface area contributed by atoms with Crippen molar-refractivity contribution in [3.8, 4) is 0 Å². The van der Waals surface area contributed by atoms with Crippen LogP contribution in [0.5, 0.6) is 0 Å². The number of nitrogens with zero attached hydrogens (tertiary/aromatic N) is 1. The van der Waals surface area contributed by atoms with Crippen LogP contribution in [0.3, 0.4) is 0 Å². The number of sulfonamides is 1. The van der Waals surface area contributed by atoms with Crippen molar-refractivity contribution in [2.45, 2.75) is 26.3 Å². The summed E-state index contributed by atoms with van der Waals surface area (Å²) < 4.78 is 30.4. The number of benzene rings is 1. The summed E-state index contributed by atoms with van der Waals surface area (Å²) in [5, 5.41) is 2.89. The number of carbonyl (C=O) groups is 1. The van der Waals surface area contributed by atoms with Crippen molar-refractivity contribution in [3.63, 3.8) is 0 Å². The predicted octanol–water partition coefficient (Wildman–Crippen LogP) is 2.40. The summed E-state index contributed by atoms with van der Waals surface area (Å²) in [4.78, 5) is 12.4. The minimum absolute atomic E-state index is 0.211. The molecule has 0 fully saturated rings. The Morgan fingerprint density at radius 3 is 2.67 bits per heavy atom. The van der Waals surface area contributed by atoms with E-state index < -0.39 is 10.0 Å². The molecule has 2 aromatic rings. The number of rotatable bonds is 4. The third-order valence-corrected chi connectivity index (χ3v) is 5.31. The first kappa shape index (κ1) is 16.6. The molecule has 1 aromatic carbocycles. The number of carbonyl (C=O) groups excluding carboxylic acids is 1. The van der Waals surface area contributed by atoms with Gasteiger partial charge in [0.1, 0.15) is 11.5 Å². The maximum Gasteiger partial charge on any atom is 0.251 e. The van der Waals surface area contributed by atoms with E-state index in [9.17, 15) is 13.2 Å². The van der Waals surface area contributed by atoms with Gasteiger partial charge in [-0.25, -0.2) is 8.42 Å². The molecule has 1 aromatic heterocycles. The zero-order valence-corrected chi connectivity index (χ0v) is 14.7. The second-order valence-electron chi connectivity index (χ2n) is 6.07. The highest BCUT2D eigenvalue weighted by molar-refractivity contribution is 7.92. The van der Waals surface area contributed by atoms with Crippen molar-refractivity contribution in [1.82, 2.24) is 5.32 Å². The van der Waals surface area contributed by atoms with Crippen molar-refractivity contribution in [2.24, 2.45) is 0 Å². The number of hydrogen-bond donors (Lipinski definition) is 1. The van der Waals surface area contributed by atoms with Gasteiger partial charge in [-0.3, -0.25) is 9.10 Å². The van der Waals surface area contributed by atoms with Crippen LogP contribution in [0.2, 0.25) is 0 Å². The topological polar surface area (TPSA) is 79.6 Å². The Bertz CT molecular complexity index is 886. The number of nitrogens with one attached hydrogen (secondary N) is 1. The van der Waals surface area contributed by atoms with Gasteiger partial charge in [0.15, 0.2) is 0 Å². The Labute approximate surface area is 141 Å². The van der Waals surface area contributed by atoms with Gasteiger partial charge in [-0.2, -0.15) is 0 Å². The van der Waals surface area contributed by atoms with E-state index in [0.717, 1.165) is 11.3 Å². The molecular weight excluding hydrogens is 328 g/mol. The average Bonchev–Trinajstić information content (AvgIpc) is 3.11. The maximum atomic E-state index is 12.4. The lowest BCUT2D eigenvalue weighted by Crippen LogP contribution is -2.28. The van der Waals surface area contributed by atoms with Crippen LogP contribution in [-0.2, 0) is 16.4 Å². The molecule has 0 saturated carbocycles. The molecule has 0 spiro atoms. The fraction of sp³-hybridized carbons (Fsp3) is 0.353. The summed E-state index contributed by atoms with van der Waals surface area (Å²) in [5.41, 5.74) is 2.04. The molecule has 6 nitrogen and oxygen atoms in total. The Balaban J connectivity index is 1.78. The molecular formula is C17H20N2O4S. The second-order valence-corrected chi connectivity index (χ2v) is 7.98. The van der Waals surface area contributed by atoms with Crippen molar-refractivity contribution in [1.29, 1.82) is 0 Å². The lowest BCUT2D eigenvalue weighted by molar-refractivity contribution is 0.0935. The Kier molecular flexibility index (Phi) is 4.13. The maximum absolute atomic E-state index is 12.4. The normalized spacial score (nSPS) is 15.2. The van der Waals surface area contributed by atoms with Gasteiger partial charge >= 0.3 is 0 Å². The molecule has 1 aliphatic rings. The van der Waals surface area contributed by atoms with Gasteiger partial charge in [0.05, 0.1) is 18.0 Å². The lowest BCUT2D eigenvalue weighted by Gasteiger charge is -2.17. The van der Waals surface area contributed by atoms with Crippen LogP contribution in [0.4, 0.5) is 5.69 Å². The van der Waals surface area contributed by atoms with Gasteiger partial charge in [-0.15, -0.1) is 0 Å². The first-order chi connectivity index (χ1) is 11.3. The number of anilines is 1. The van der Waals surface area contributed by atoms with Crippen LogP contribution in [0.15, 0.2) is 34.7 Å². The molecule has 1 N–H and O–H groups in total. The van der Waals surface area contributed by atoms with Gasteiger partial charge in [-0.05, 0) is 56.2 Å². The molecule has 7 heteroatoms. The fourth-order valence-electron chi connectivity index (χ4n) is 2.89. The van der Waals surface area contributed by atoms with Gasteiger partial charge < -0.3 is 9.73 Å². The van der Waals surface area contributed by atoms with E-state index in [1.54, 1.807) is 18.2 Å². The van der Waals surface area contributed by atoms with Crippen LogP contribution in [0, 0.1) is 6.92 Å². The first-order valence-corrected chi connectivity index (χ1v) is 9.58. The second kappa shape index (κ2) is 5.98. The molecule has 3 rings (SSSR count). The molecule has 1 amide bonds. The molecule has 0 radical (unpaired) electrons. The van der Waals surface area contributed by atoms with Crippen LogP contribution in [0.1, 0.15) is 40.4 Å². The Hall–Kier alpha value is -2.28. The molecule has 2 heterocycles. The highest BCUT2D eigenvalue weighted by atomic mass is 32.2. The number of amides is 1. The molecule has 0 saturated heterocycles. The highest BCUT2D eigenvalue weighted by Crippen LogP contribution is 2.30. The van der Waals surface area contributed by atoms with Crippen molar-refractivity contribution >= 4 is 21.6 Å². The molecule has 1 unspecified atom stereocenters. The zero-order valence-electron chi connectivity index (χ0n) is 13.9. The lowest BCUT2D eigenvalue weighted by atomic mass is 10.1. The van der Waals surface area contributed by atoms with Gasteiger partial charge in [-0.1, -0.05) is 0 Å². The standard InChI is InChI=1S/C17H20N2O4S/c1-11-4-7-16(23-11)12(2)18-17(20)14-5-6-15-13(10-14)8-9-19(15)24(3,21)22/h4-7,10,12H,8-9H2,1-3H3,(H,18,20). The summed E-state index contributed by atoms with van der Waals surface area (Å²) in [6.07, 6.45) is 1.80. The van der Waals surface area contributed by atoms with E-state index in [1.165, 1.54) is 10.6 Å². The van der Waals surface area contributed by atoms with E-state index in [4.69, 9.17) is 4.42 Å². The quantitative estimate of drug-likeness (QED) is 0.920. The average molecular weight is 348 g/mol. The molecule has 24 heavy (non-hydrogen) atoms. The number of fused-ring (bicyclic) bond motifs is 1. The van der Waals surface area contributed by atoms with E-state index in [2.05, 4.69) is 5.32 Å². The fourth-order valence-corrected chi connectivity index (χ4v) is 3.85. The molecule has 1 aliphatic heterocycles. The minimum atomic E-state index is -3.28. The van der Waals surface area contributed by atoms with Crippen LogP contribution >= 0.6 is 0 Å². The molecule has 1 atom stereocenters. The predicted molar refractivity (Wildman–Crippen MR) is 91.7 cm³/mol. The SMILES string of the molecule is Cc1ccc(C(C)NC(=O)c2ccc3c(c2)CCN3S(C)(=O)=O)o1. The first-order valence-electron chi connectivity index (χ1n) is 7.73. The van der Waals surface area contributed by atoms with E-state index in [0.29, 0.717) is 30.0 Å². The Morgan fingerprint density at radius 2 is 2.04 bits per heavy atom. The van der Waals surface area contributed by atoms with E-state index >= 15 is 0 Å². The zero-order chi connectivity index (χ0) is 17.5. The smallest absolute Gasteiger partial charge is 0.251 e. The monoisotopic (exact) mass is 348 g/mol. The van der Waals surface area contributed by atoms with Crippen LogP contribution in [0.25, 0.3) is 0 Å². The number of furan rings is 1. The number of hydrogen-bond acceptors (Lipinski definition) is 4. The van der Waals surface area contributed by atoms with Gasteiger partial charge in [0, 0.05) is 12.1 Å². The van der Waals surface area contributed by atoms with Gasteiger partial charge in [0.25, 0.3) is 5.91 Å². The Morgan fingerprint density at radius 1 is 1.29 bits per heavy atom. The summed E-state index contributed by atoms with van der Waals surface area (Å²) in [6, 6.07) is 8.56. The summed E-state index contributed by atoms with van der Waals surface area (Å²) in [7, 11) is -3.28. The van der Waals surface area contributed by atoms with E-state index in [-0.39, 0.29) is 11.9 Å². The minimum Gasteiger partial charge on any atom is -0.464 e. The molecule has 0 aliphatic carbocycles. The van der Waals surface area contributed by atoms with Crippen molar-refractivity contribution < 1.29 is 17.6 Å². The van der Waals surface area contributed by atoms with Crippen LogP contribution in [-0.4, -0.2) is 27.1 Å². The van der Waals surface area contributed by atoms with Crippen molar-refractivity contribution in [3.05, 3.63) is 53.0 Å². The van der Waals surface area contributed by atoms with Crippen molar-refractivity contribution in [2.75, 3.05) is 17.1 Å². The summed E-state index contributed by atoms with van der Waals surface area (Å²) >= 11 is 0. The van der Waals surface area contributed by atoms with Crippen LogP contribution < -0.4 is 9.62 Å². The molecule has 128 valence electrons. The number of aryl methyl sites for hydroxylation is 1. The highest BCUT2D eigenvalue weighted by Gasteiger charge is 2.27. The third kappa shape index (κ3) is 3.17. The van der Waals surface area contributed by atoms with E-state index in [1.807, 2.05) is 26.0 Å². The largest absolute Gasteiger partial charge is 0.464 e. The summed E-state index contributed by atoms with van der Waals surface area (Å²) in [6.45, 7) is 4.13. The third-order valence-electron chi connectivity index (χ3n) is 4.13.